The predicted octanol–water partition coefficient (Wildman–Crippen LogP) is 2.89. The van der Waals surface area contributed by atoms with Gasteiger partial charge in [0.15, 0.2) is 16.4 Å². The summed E-state index contributed by atoms with van der Waals surface area (Å²) in [7, 11) is -1.81. The first kappa shape index (κ1) is 22.8. The minimum Gasteiger partial charge on any atom is -0.454 e. The smallest absolute Gasteiger partial charge is 0.338 e. The number of nitrogens with zero attached hydrogens (tertiary/aromatic N) is 1. The summed E-state index contributed by atoms with van der Waals surface area (Å²) >= 11 is 0. The summed E-state index contributed by atoms with van der Waals surface area (Å²) in [4.78, 5) is 25.0. The molecule has 158 valence electrons. The number of rotatable bonds is 9. The molecule has 0 saturated carbocycles. The molecular weight excluding hydrogens is 394 g/mol. The highest BCUT2D eigenvalue weighted by Gasteiger charge is 2.20. The molecule has 0 bridgehead atoms. The van der Waals surface area contributed by atoms with Gasteiger partial charge in [0.25, 0.3) is 0 Å². The molecular formula is C21H27NO6S. The van der Waals surface area contributed by atoms with Crippen LogP contribution in [0.4, 0.5) is 0 Å². The molecule has 1 aromatic carbocycles. The van der Waals surface area contributed by atoms with Crippen LogP contribution in [0.2, 0.25) is 0 Å². The molecule has 1 heterocycles. The second kappa shape index (κ2) is 9.37. The zero-order chi connectivity index (χ0) is 21.8. The van der Waals surface area contributed by atoms with Crippen LogP contribution in [0, 0.1) is 20.8 Å². The summed E-state index contributed by atoms with van der Waals surface area (Å²) in [5, 5.41) is 0. The molecule has 0 fully saturated rings. The molecule has 1 aromatic heterocycles. The van der Waals surface area contributed by atoms with Crippen molar-refractivity contribution in [1.82, 2.24) is 4.57 Å². The number of hydrogen-bond acceptors (Lipinski definition) is 6. The summed E-state index contributed by atoms with van der Waals surface area (Å²) in [5.74, 6) is -1.03. The Morgan fingerprint density at radius 2 is 1.76 bits per heavy atom. The molecule has 8 heteroatoms. The number of esters is 1. The van der Waals surface area contributed by atoms with Crippen LogP contribution in [-0.4, -0.2) is 51.3 Å². The van der Waals surface area contributed by atoms with E-state index in [1.807, 2.05) is 18.4 Å². The number of methoxy groups -OCH3 is 1. The summed E-state index contributed by atoms with van der Waals surface area (Å²) < 4.78 is 35.7. The van der Waals surface area contributed by atoms with Crippen LogP contribution in [0.15, 0.2) is 29.2 Å². The fourth-order valence-corrected chi connectivity index (χ4v) is 3.78. The Hall–Kier alpha value is -2.45. The zero-order valence-electron chi connectivity index (χ0n) is 17.4. The largest absolute Gasteiger partial charge is 0.454 e. The van der Waals surface area contributed by atoms with E-state index >= 15 is 0 Å². The minimum absolute atomic E-state index is 0.0287. The van der Waals surface area contributed by atoms with E-state index in [9.17, 15) is 18.0 Å². The maximum atomic E-state index is 12.6. The number of ketones is 1. The quantitative estimate of drug-likeness (QED) is 0.351. The molecule has 0 aliphatic heterocycles. The lowest BCUT2D eigenvalue weighted by molar-refractivity contribution is 0.0473. The Labute approximate surface area is 171 Å². The molecule has 29 heavy (non-hydrogen) atoms. The molecule has 2 rings (SSSR count). The van der Waals surface area contributed by atoms with Gasteiger partial charge in [0.05, 0.1) is 10.5 Å². The Kier molecular flexibility index (Phi) is 7.37. The Balaban J connectivity index is 2.12. The topological polar surface area (TPSA) is 91.7 Å². The van der Waals surface area contributed by atoms with Gasteiger partial charge in [-0.15, -0.1) is 0 Å². The van der Waals surface area contributed by atoms with Crippen LogP contribution in [0.25, 0.3) is 0 Å². The van der Waals surface area contributed by atoms with Crippen molar-refractivity contribution >= 4 is 21.6 Å². The number of aromatic nitrogens is 1. The minimum atomic E-state index is -3.45. The van der Waals surface area contributed by atoms with E-state index in [4.69, 9.17) is 9.47 Å². The molecule has 0 saturated heterocycles. The van der Waals surface area contributed by atoms with Crippen molar-refractivity contribution in [3.05, 3.63) is 52.3 Å². The maximum absolute atomic E-state index is 12.6. The molecule has 0 radical (unpaired) electrons. The third kappa shape index (κ3) is 5.55. The van der Waals surface area contributed by atoms with Gasteiger partial charge in [0.2, 0.25) is 5.78 Å². The summed E-state index contributed by atoms with van der Waals surface area (Å²) in [6, 6.07) is 6.04. The molecule has 0 unspecified atom stereocenters. The van der Waals surface area contributed by atoms with Gasteiger partial charge in [-0.05, 0) is 51.0 Å². The number of benzene rings is 1. The fourth-order valence-electron chi connectivity index (χ4n) is 3.13. The molecule has 0 atom stereocenters. The first-order valence-corrected chi connectivity index (χ1v) is 11.1. The van der Waals surface area contributed by atoms with Crippen LogP contribution in [-0.2, 0) is 25.9 Å². The molecule has 0 N–H and O–H groups in total. The SMILES string of the molecule is COCCCn1c(C)cc(C(=O)COC(=O)c2cc(S(C)(=O)=O)ccc2C)c1C. The van der Waals surface area contributed by atoms with E-state index in [1.54, 1.807) is 26.2 Å². The van der Waals surface area contributed by atoms with Gasteiger partial charge in [-0.3, -0.25) is 4.79 Å². The third-order valence-electron chi connectivity index (χ3n) is 4.80. The fraction of sp³-hybridized carbons (Fsp3) is 0.429. The monoisotopic (exact) mass is 421 g/mol. The van der Waals surface area contributed by atoms with Gasteiger partial charge in [-0.2, -0.15) is 0 Å². The van der Waals surface area contributed by atoms with Crippen molar-refractivity contribution in [3.63, 3.8) is 0 Å². The molecule has 0 aliphatic carbocycles. The van der Waals surface area contributed by atoms with E-state index in [1.165, 1.54) is 12.1 Å². The second-order valence-corrected chi connectivity index (χ2v) is 9.05. The van der Waals surface area contributed by atoms with Crippen molar-refractivity contribution in [2.24, 2.45) is 0 Å². The standard InChI is InChI=1S/C21H27NO6S/c1-14-7-8-17(29(5,25)26)12-18(14)21(24)28-13-20(23)19-11-15(2)22(16(19)3)9-6-10-27-4/h7-8,11-12H,6,9-10,13H2,1-5H3. The Morgan fingerprint density at radius 3 is 2.38 bits per heavy atom. The van der Waals surface area contributed by atoms with E-state index in [0.29, 0.717) is 17.7 Å². The number of hydrogen-bond donors (Lipinski definition) is 0. The van der Waals surface area contributed by atoms with Crippen molar-refractivity contribution < 1.29 is 27.5 Å². The first-order chi connectivity index (χ1) is 13.6. The maximum Gasteiger partial charge on any atom is 0.338 e. The van der Waals surface area contributed by atoms with Gasteiger partial charge in [-0.1, -0.05) is 6.07 Å². The lowest BCUT2D eigenvalue weighted by Gasteiger charge is -2.10. The number of sulfone groups is 1. The van der Waals surface area contributed by atoms with E-state index in [0.717, 1.165) is 30.6 Å². The van der Waals surface area contributed by atoms with Gasteiger partial charge < -0.3 is 14.0 Å². The lowest BCUT2D eigenvalue weighted by Crippen LogP contribution is -2.16. The molecule has 2 aromatic rings. The predicted molar refractivity (Wildman–Crippen MR) is 109 cm³/mol. The van der Waals surface area contributed by atoms with Crippen LogP contribution >= 0.6 is 0 Å². The van der Waals surface area contributed by atoms with Gasteiger partial charge in [-0.25, -0.2) is 13.2 Å². The lowest BCUT2D eigenvalue weighted by atomic mass is 10.1. The van der Waals surface area contributed by atoms with Crippen LogP contribution < -0.4 is 0 Å². The number of carbonyl (C=O) groups excluding carboxylic acids is 2. The second-order valence-electron chi connectivity index (χ2n) is 7.03. The number of ether oxygens (including phenoxy) is 2. The third-order valence-corrected chi connectivity index (χ3v) is 5.91. The Morgan fingerprint density at radius 1 is 1.07 bits per heavy atom. The van der Waals surface area contributed by atoms with Crippen molar-refractivity contribution in [1.29, 1.82) is 0 Å². The van der Waals surface area contributed by atoms with Crippen LogP contribution in [0.1, 0.15) is 44.1 Å². The van der Waals surface area contributed by atoms with E-state index in [-0.39, 0.29) is 16.2 Å². The highest BCUT2D eigenvalue weighted by atomic mass is 32.2. The number of Topliss-reactive ketones (excluding diaryl/α,β-unsaturated/α-hetero) is 1. The Bertz CT molecular complexity index is 1020. The van der Waals surface area contributed by atoms with Gasteiger partial charge >= 0.3 is 5.97 Å². The van der Waals surface area contributed by atoms with Crippen LogP contribution in [0.3, 0.4) is 0 Å². The highest BCUT2D eigenvalue weighted by molar-refractivity contribution is 7.90. The average Bonchev–Trinajstić information content (AvgIpc) is 2.93. The zero-order valence-corrected chi connectivity index (χ0v) is 18.3. The molecule has 0 spiro atoms. The summed E-state index contributed by atoms with van der Waals surface area (Å²) in [6.45, 7) is 6.40. The molecule has 7 nitrogen and oxygen atoms in total. The first-order valence-electron chi connectivity index (χ1n) is 9.23. The van der Waals surface area contributed by atoms with Gasteiger partial charge in [0, 0.05) is 43.5 Å². The summed E-state index contributed by atoms with van der Waals surface area (Å²) in [5.41, 5.74) is 2.98. The molecule has 0 amide bonds. The van der Waals surface area contributed by atoms with E-state index in [2.05, 4.69) is 0 Å². The van der Waals surface area contributed by atoms with Crippen LogP contribution in [0.5, 0.6) is 0 Å². The number of carbonyl (C=O) groups is 2. The van der Waals surface area contributed by atoms with Crippen molar-refractivity contribution in [3.8, 4) is 0 Å². The number of aryl methyl sites for hydroxylation is 2. The average molecular weight is 422 g/mol. The molecule has 0 aliphatic rings. The van der Waals surface area contributed by atoms with E-state index < -0.39 is 22.4 Å². The normalized spacial score (nSPS) is 11.5. The highest BCUT2D eigenvalue weighted by Crippen LogP contribution is 2.19. The van der Waals surface area contributed by atoms with Gasteiger partial charge in [0.1, 0.15) is 0 Å². The van der Waals surface area contributed by atoms with Crippen molar-refractivity contribution in [2.75, 3.05) is 26.6 Å². The van der Waals surface area contributed by atoms with Crippen molar-refractivity contribution in [2.45, 2.75) is 38.6 Å². The summed E-state index contributed by atoms with van der Waals surface area (Å²) in [6.07, 6.45) is 1.89.